The second-order valence-electron chi connectivity index (χ2n) is 10.4. The number of aromatic nitrogens is 1. The molecule has 1 aromatic heterocycles. The average Bonchev–Trinajstić information content (AvgIpc) is 3.42. The Morgan fingerprint density at radius 1 is 1.09 bits per heavy atom. The number of hydrogen-bond donors (Lipinski definition) is 0. The number of sulfonamides is 1. The fourth-order valence-electron chi connectivity index (χ4n) is 5.27. The lowest BCUT2D eigenvalue weighted by Gasteiger charge is -2.38. The van der Waals surface area contributed by atoms with Crippen molar-refractivity contribution in [3.8, 4) is 11.5 Å². The van der Waals surface area contributed by atoms with Crippen molar-refractivity contribution in [1.82, 2.24) is 9.88 Å². The third-order valence-corrected chi connectivity index (χ3v) is 10.1. The van der Waals surface area contributed by atoms with E-state index in [4.69, 9.17) is 25.8 Å². The first-order valence-electron chi connectivity index (χ1n) is 13.3. The molecule has 1 aliphatic rings. The van der Waals surface area contributed by atoms with Crippen molar-refractivity contribution >= 4 is 33.1 Å². The summed E-state index contributed by atoms with van der Waals surface area (Å²) in [7, 11) is 3.14. The van der Waals surface area contributed by atoms with Gasteiger partial charge in [-0.3, -0.25) is 0 Å². The van der Waals surface area contributed by atoms with E-state index in [9.17, 15) is 12.8 Å². The largest absolute Gasteiger partial charge is 0.497 e. The molecule has 2 atom stereocenters. The van der Waals surface area contributed by atoms with Crippen LogP contribution in [-0.2, 0) is 21.3 Å². The maximum atomic E-state index is 16.0. The van der Waals surface area contributed by atoms with Gasteiger partial charge in [-0.2, -0.15) is 4.39 Å². The topological polar surface area (TPSA) is 84.4 Å². The highest BCUT2D eigenvalue weighted by Gasteiger charge is 2.45. The summed E-state index contributed by atoms with van der Waals surface area (Å²) < 4.78 is 91.1. The number of methoxy groups -OCH3 is 3. The van der Waals surface area contributed by atoms with Crippen LogP contribution in [0.15, 0.2) is 47.4 Å². The van der Waals surface area contributed by atoms with Gasteiger partial charge in [0.15, 0.2) is 10.7 Å². The van der Waals surface area contributed by atoms with Crippen LogP contribution in [0.5, 0.6) is 11.5 Å². The summed E-state index contributed by atoms with van der Waals surface area (Å²) in [5, 5.41) is -0.571. The zero-order valence-corrected chi connectivity index (χ0v) is 26.3. The number of likely N-dealkylation sites (N-methyl/N-ethyl adjacent to an activating group) is 1. The van der Waals surface area contributed by atoms with E-state index in [2.05, 4.69) is 4.98 Å². The molecule has 1 saturated heterocycles. The Balaban J connectivity index is 1.80. The highest BCUT2D eigenvalue weighted by atomic mass is 35.5. The van der Waals surface area contributed by atoms with E-state index in [1.54, 1.807) is 18.1 Å². The van der Waals surface area contributed by atoms with Gasteiger partial charge in [-0.15, -0.1) is 0 Å². The Hall–Kier alpha value is -3.26. The summed E-state index contributed by atoms with van der Waals surface area (Å²) in [4.78, 5) is 6.04. The zero-order chi connectivity index (χ0) is 31.7. The molecule has 0 bridgehead atoms. The molecule has 1 aliphatic heterocycles. The molecule has 2 heterocycles. The van der Waals surface area contributed by atoms with E-state index < -0.39 is 55.5 Å². The summed E-state index contributed by atoms with van der Waals surface area (Å²) >= 11 is 6.43. The second-order valence-corrected chi connectivity index (χ2v) is 12.6. The van der Waals surface area contributed by atoms with Crippen LogP contribution in [0.2, 0.25) is 5.02 Å². The zero-order valence-electron chi connectivity index (χ0n) is 24.7. The summed E-state index contributed by atoms with van der Waals surface area (Å²) in [6.45, 7) is 2.12. The van der Waals surface area contributed by atoms with Gasteiger partial charge < -0.3 is 24.0 Å². The van der Waals surface area contributed by atoms with Crippen molar-refractivity contribution < 1.29 is 35.8 Å². The van der Waals surface area contributed by atoms with Gasteiger partial charge in [0.05, 0.1) is 26.5 Å². The SMILES string of the molecule is COc1ccc(CN(c2cccc(F)n2)S(=O)(=O)c2c(F)cc(N3CC[C@@](OC)([C@@H](C)N(C)C)C3)c(Cl)c2F)c(OC)c1. The van der Waals surface area contributed by atoms with E-state index in [0.717, 1.165) is 12.1 Å². The van der Waals surface area contributed by atoms with Gasteiger partial charge in [-0.1, -0.05) is 17.7 Å². The molecular weight excluding hydrogens is 609 g/mol. The lowest BCUT2D eigenvalue weighted by atomic mass is 9.93. The molecular formula is C29H34ClF3N4O5S. The molecule has 0 amide bonds. The monoisotopic (exact) mass is 642 g/mol. The third-order valence-electron chi connectivity index (χ3n) is 7.96. The van der Waals surface area contributed by atoms with Crippen LogP contribution in [0, 0.1) is 17.6 Å². The summed E-state index contributed by atoms with van der Waals surface area (Å²) in [5.74, 6) is -3.58. The lowest BCUT2D eigenvalue weighted by Crippen LogP contribution is -2.51. The predicted molar refractivity (Wildman–Crippen MR) is 158 cm³/mol. The van der Waals surface area contributed by atoms with Gasteiger partial charge in [0.1, 0.15) is 33.8 Å². The van der Waals surface area contributed by atoms with Crippen LogP contribution in [0.3, 0.4) is 0 Å². The van der Waals surface area contributed by atoms with Crippen molar-refractivity contribution in [2.24, 2.45) is 0 Å². The molecule has 0 saturated carbocycles. The second kappa shape index (κ2) is 12.8. The molecule has 4 rings (SSSR count). The van der Waals surface area contributed by atoms with Gasteiger partial charge in [-0.25, -0.2) is 26.5 Å². The normalized spacial score (nSPS) is 17.8. The van der Waals surface area contributed by atoms with Gasteiger partial charge >= 0.3 is 0 Å². The first-order chi connectivity index (χ1) is 20.3. The lowest BCUT2D eigenvalue weighted by molar-refractivity contribution is -0.0456. The fourth-order valence-corrected chi connectivity index (χ4v) is 7.10. The molecule has 0 N–H and O–H groups in total. The van der Waals surface area contributed by atoms with Crippen molar-refractivity contribution in [3.05, 3.63) is 70.6 Å². The molecule has 0 spiro atoms. The molecule has 2 aromatic carbocycles. The minimum absolute atomic E-state index is 0.00671. The van der Waals surface area contributed by atoms with Crippen molar-refractivity contribution in [2.75, 3.05) is 57.7 Å². The van der Waals surface area contributed by atoms with Gasteiger partial charge in [0.25, 0.3) is 10.0 Å². The minimum atomic E-state index is -5.05. The number of benzene rings is 2. The Labute approximate surface area is 254 Å². The molecule has 0 unspecified atom stereocenters. The molecule has 0 aliphatic carbocycles. The summed E-state index contributed by atoms with van der Waals surface area (Å²) in [6, 6.07) is 8.91. The van der Waals surface area contributed by atoms with Gasteiger partial charge in [0, 0.05) is 43.9 Å². The van der Waals surface area contributed by atoms with Gasteiger partial charge in [-0.05, 0) is 51.7 Å². The average molecular weight is 643 g/mol. The van der Waals surface area contributed by atoms with Crippen LogP contribution in [0.1, 0.15) is 18.9 Å². The summed E-state index contributed by atoms with van der Waals surface area (Å²) in [6.07, 6.45) is 0.547. The number of rotatable bonds is 11. The fraction of sp³-hybridized carbons (Fsp3) is 0.414. The van der Waals surface area contributed by atoms with Crippen LogP contribution in [-0.4, -0.2) is 78.5 Å². The van der Waals surface area contributed by atoms with E-state index in [-0.39, 0.29) is 24.0 Å². The molecule has 14 heteroatoms. The number of pyridine rings is 1. The van der Waals surface area contributed by atoms with Crippen molar-refractivity contribution in [2.45, 2.75) is 36.4 Å². The standard InChI is InChI=1S/C29H34ClF3N4O5S/c1-18(35(2)3)29(42-6)12-13-36(17-29)22-15-21(31)28(27(33)26(22)30)43(38,39)37(25-9-7-8-24(32)34-25)16-19-10-11-20(40-4)14-23(19)41-5/h7-11,14-15,18H,12-13,16-17H2,1-6H3/t18-,29+/m1/s1. The summed E-state index contributed by atoms with van der Waals surface area (Å²) in [5.41, 5.74) is -0.362. The van der Waals surface area contributed by atoms with Gasteiger partial charge in [0.2, 0.25) is 5.95 Å². The molecule has 234 valence electrons. The Morgan fingerprint density at radius 3 is 2.42 bits per heavy atom. The predicted octanol–water partition coefficient (Wildman–Crippen LogP) is 5.11. The quantitative estimate of drug-likeness (QED) is 0.211. The first kappa shape index (κ1) is 32.6. The smallest absolute Gasteiger partial charge is 0.271 e. The van der Waals surface area contributed by atoms with E-state index in [1.165, 1.54) is 38.5 Å². The number of halogens is 4. The van der Waals surface area contributed by atoms with E-state index in [0.29, 0.717) is 28.6 Å². The molecule has 1 fully saturated rings. The van der Waals surface area contributed by atoms with Crippen LogP contribution in [0.25, 0.3) is 0 Å². The van der Waals surface area contributed by atoms with Crippen LogP contribution in [0.4, 0.5) is 24.7 Å². The maximum absolute atomic E-state index is 16.0. The molecule has 0 radical (unpaired) electrons. The van der Waals surface area contributed by atoms with Crippen LogP contribution < -0.4 is 18.7 Å². The number of anilines is 2. The third kappa shape index (κ3) is 6.21. The first-order valence-corrected chi connectivity index (χ1v) is 15.1. The van der Waals surface area contributed by atoms with Crippen molar-refractivity contribution in [1.29, 1.82) is 0 Å². The molecule has 9 nitrogen and oxygen atoms in total. The van der Waals surface area contributed by atoms with E-state index >= 15 is 8.78 Å². The minimum Gasteiger partial charge on any atom is -0.497 e. The number of ether oxygens (including phenoxy) is 3. The Kier molecular flexibility index (Phi) is 9.69. The Bertz CT molecular complexity index is 1600. The van der Waals surface area contributed by atoms with E-state index in [1.807, 2.05) is 25.9 Å². The van der Waals surface area contributed by atoms with Crippen molar-refractivity contribution in [3.63, 3.8) is 0 Å². The molecule has 3 aromatic rings. The maximum Gasteiger partial charge on any atom is 0.271 e. The number of nitrogens with zero attached hydrogens (tertiary/aromatic N) is 4. The van der Waals surface area contributed by atoms with Crippen LogP contribution >= 0.6 is 11.6 Å². The Morgan fingerprint density at radius 2 is 1.81 bits per heavy atom. The molecule has 43 heavy (non-hydrogen) atoms. The highest BCUT2D eigenvalue weighted by molar-refractivity contribution is 7.92. The number of hydrogen-bond acceptors (Lipinski definition) is 8. The highest BCUT2D eigenvalue weighted by Crippen LogP contribution is 2.41.